The molecular formula is C19H14N4OS. The van der Waals surface area contributed by atoms with E-state index in [1.165, 1.54) is 0 Å². The zero-order valence-electron chi connectivity index (χ0n) is 13.1. The van der Waals surface area contributed by atoms with Crippen molar-refractivity contribution in [2.45, 2.75) is 0 Å². The van der Waals surface area contributed by atoms with Crippen LogP contribution in [0.3, 0.4) is 0 Å². The summed E-state index contributed by atoms with van der Waals surface area (Å²) in [5, 5.41) is 0.543. The van der Waals surface area contributed by atoms with Gasteiger partial charge in [0.05, 0.1) is 11.1 Å². The Morgan fingerprint density at radius 1 is 0.960 bits per heavy atom. The largest absolute Gasteiger partial charge is 0.341 e. The summed E-state index contributed by atoms with van der Waals surface area (Å²) in [4.78, 5) is 25.1. The van der Waals surface area contributed by atoms with E-state index in [4.69, 9.17) is 12.2 Å². The van der Waals surface area contributed by atoms with E-state index in [2.05, 4.69) is 19.9 Å². The van der Waals surface area contributed by atoms with Gasteiger partial charge in [-0.3, -0.25) is 14.8 Å². The van der Waals surface area contributed by atoms with Gasteiger partial charge in [-0.2, -0.15) is 0 Å². The standard InChI is InChI=1S/C19H14N4OS/c24-18-15-11-16(21-17(15)22-19(25)23-18)13-8-9-20-14(10-13)7-6-12-4-2-1-3-5-12/h1-11H,(H3,21,22,23,24,25)/b7-6+. The maximum absolute atomic E-state index is 12.0. The highest BCUT2D eigenvalue weighted by Gasteiger charge is 2.07. The fourth-order valence-corrected chi connectivity index (χ4v) is 2.85. The maximum Gasteiger partial charge on any atom is 0.261 e. The van der Waals surface area contributed by atoms with Crippen molar-refractivity contribution in [1.82, 2.24) is 19.9 Å². The second-order valence-corrected chi connectivity index (χ2v) is 6.00. The Morgan fingerprint density at radius 3 is 2.64 bits per heavy atom. The van der Waals surface area contributed by atoms with Crippen LogP contribution in [0.4, 0.5) is 0 Å². The quantitative estimate of drug-likeness (QED) is 0.488. The number of hydrogen-bond acceptors (Lipinski definition) is 3. The van der Waals surface area contributed by atoms with Crippen molar-refractivity contribution in [3.63, 3.8) is 0 Å². The van der Waals surface area contributed by atoms with Crippen LogP contribution in [0.1, 0.15) is 11.3 Å². The molecule has 0 aliphatic rings. The second-order valence-electron chi connectivity index (χ2n) is 5.59. The third-order valence-electron chi connectivity index (χ3n) is 3.87. The van der Waals surface area contributed by atoms with Gasteiger partial charge in [-0.25, -0.2) is 0 Å². The topological polar surface area (TPSA) is 77.3 Å². The molecule has 4 aromatic rings. The number of hydrogen-bond donors (Lipinski definition) is 3. The molecule has 1 aromatic carbocycles. The van der Waals surface area contributed by atoms with E-state index < -0.39 is 0 Å². The van der Waals surface area contributed by atoms with E-state index in [0.29, 0.717) is 15.8 Å². The molecule has 3 heterocycles. The molecule has 122 valence electrons. The molecule has 0 bridgehead atoms. The molecule has 4 rings (SSSR count). The first-order chi connectivity index (χ1) is 12.2. The van der Waals surface area contributed by atoms with Crippen molar-refractivity contribution >= 4 is 35.4 Å². The molecule has 0 unspecified atom stereocenters. The Hall–Kier alpha value is -3.25. The lowest BCUT2D eigenvalue weighted by molar-refractivity contribution is 1.13. The molecular weight excluding hydrogens is 332 g/mol. The molecule has 0 fully saturated rings. The Balaban J connectivity index is 1.72. The van der Waals surface area contributed by atoms with Gasteiger partial charge in [0.15, 0.2) is 4.77 Å². The van der Waals surface area contributed by atoms with Gasteiger partial charge in [-0.1, -0.05) is 36.4 Å². The van der Waals surface area contributed by atoms with Gasteiger partial charge < -0.3 is 9.97 Å². The van der Waals surface area contributed by atoms with Gasteiger partial charge >= 0.3 is 0 Å². The fraction of sp³-hybridized carbons (Fsp3) is 0. The van der Waals surface area contributed by atoms with Crippen LogP contribution in [0.2, 0.25) is 0 Å². The molecule has 0 aliphatic heterocycles. The number of aromatic amines is 3. The van der Waals surface area contributed by atoms with Crippen LogP contribution in [0.15, 0.2) is 59.5 Å². The number of benzene rings is 1. The molecule has 25 heavy (non-hydrogen) atoms. The van der Waals surface area contributed by atoms with Crippen molar-refractivity contribution in [2.75, 3.05) is 0 Å². The Labute approximate surface area is 148 Å². The third kappa shape index (κ3) is 3.20. The highest BCUT2D eigenvalue weighted by molar-refractivity contribution is 7.71. The van der Waals surface area contributed by atoms with E-state index in [9.17, 15) is 4.79 Å². The van der Waals surface area contributed by atoms with Crippen molar-refractivity contribution in [2.24, 2.45) is 0 Å². The van der Waals surface area contributed by atoms with Crippen molar-refractivity contribution in [3.8, 4) is 11.3 Å². The Morgan fingerprint density at radius 2 is 1.80 bits per heavy atom. The molecule has 0 saturated carbocycles. The average molecular weight is 346 g/mol. The first-order valence-electron chi connectivity index (χ1n) is 7.74. The Bertz CT molecular complexity index is 1190. The van der Waals surface area contributed by atoms with E-state index >= 15 is 0 Å². The highest BCUT2D eigenvalue weighted by Crippen LogP contribution is 2.22. The number of nitrogens with one attached hydrogen (secondary N) is 3. The van der Waals surface area contributed by atoms with Gasteiger partial charge in [0.25, 0.3) is 5.56 Å². The highest BCUT2D eigenvalue weighted by atomic mass is 32.1. The lowest BCUT2D eigenvalue weighted by atomic mass is 10.1. The molecule has 0 saturated heterocycles. The van der Waals surface area contributed by atoms with E-state index in [-0.39, 0.29) is 5.56 Å². The molecule has 0 aliphatic carbocycles. The number of pyridine rings is 1. The minimum absolute atomic E-state index is 0.209. The molecule has 0 amide bonds. The normalized spacial score (nSPS) is 11.4. The SMILES string of the molecule is O=c1[nH]c(=S)[nH]c2[nH]c(-c3ccnc(/C=C/c4ccccc4)c3)cc12. The van der Waals surface area contributed by atoms with Gasteiger partial charge in [-0.05, 0) is 42.1 Å². The number of rotatable bonds is 3. The second kappa shape index (κ2) is 6.33. The smallest absolute Gasteiger partial charge is 0.261 e. The molecule has 0 atom stereocenters. The lowest BCUT2D eigenvalue weighted by Crippen LogP contribution is -2.06. The van der Waals surface area contributed by atoms with Gasteiger partial charge in [0, 0.05) is 17.5 Å². The number of fused-ring (bicyclic) bond motifs is 1. The summed E-state index contributed by atoms with van der Waals surface area (Å²) in [6.07, 6.45) is 5.72. The summed E-state index contributed by atoms with van der Waals surface area (Å²) >= 11 is 5.00. The van der Waals surface area contributed by atoms with E-state index in [1.54, 1.807) is 12.3 Å². The number of aromatic nitrogens is 4. The van der Waals surface area contributed by atoms with Crippen LogP contribution in [-0.4, -0.2) is 19.9 Å². The molecule has 5 nitrogen and oxygen atoms in total. The lowest BCUT2D eigenvalue weighted by Gasteiger charge is -1.99. The third-order valence-corrected chi connectivity index (χ3v) is 4.07. The van der Waals surface area contributed by atoms with Crippen molar-refractivity contribution < 1.29 is 0 Å². The summed E-state index contributed by atoms with van der Waals surface area (Å²) in [5.41, 5.74) is 4.12. The average Bonchev–Trinajstić information content (AvgIpc) is 3.06. The first-order valence-corrected chi connectivity index (χ1v) is 8.15. The van der Waals surface area contributed by atoms with Crippen LogP contribution in [0, 0.1) is 4.77 Å². The van der Waals surface area contributed by atoms with Gasteiger partial charge in [0.1, 0.15) is 5.65 Å². The van der Waals surface area contributed by atoms with Gasteiger partial charge in [-0.15, -0.1) is 0 Å². The first kappa shape index (κ1) is 15.3. The molecule has 0 radical (unpaired) electrons. The maximum atomic E-state index is 12.0. The minimum atomic E-state index is -0.209. The molecule has 0 spiro atoms. The van der Waals surface area contributed by atoms with Crippen LogP contribution in [0.5, 0.6) is 0 Å². The van der Waals surface area contributed by atoms with Crippen LogP contribution >= 0.6 is 12.2 Å². The van der Waals surface area contributed by atoms with Crippen LogP contribution < -0.4 is 5.56 Å². The molecule has 3 N–H and O–H groups in total. The predicted molar refractivity (Wildman–Crippen MR) is 103 cm³/mol. The predicted octanol–water partition coefficient (Wildman–Crippen LogP) is 4.15. The van der Waals surface area contributed by atoms with E-state index in [1.807, 2.05) is 54.6 Å². The summed E-state index contributed by atoms with van der Waals surface area (Å²) in [6.45, 7) is 0. The molecule has 3 aromatic heterocycles. The number of nitrogens with zero attached hydrogens (tertiary/aromatic N) is 1. The van der Waals surface area contributed by atoms with Crippen LogP contribution in [0.25, 0.3) is 34.4 Å². The number of H-pyrrole nitrogens is 3. The zero-order valence-corrected chi connectivity index (χ0v) is 13.9. The van der Waals surface area contributed by atoms with Gasteiger partial charge in [0.2, 0.25) is 0 Å². The summed E-state index contributed by atoms with van der Waals surface area (Å²) < 4.78 is 0.298. The summed E-state index contributed by atoms with van der Waals surface area (Å²) in [7, 11) is 0. The monoisotopic (exact) mass is 346 g/mol. The zero-order chi connectivity index (χ0) is 17.2. The minimum Gasteiger partial charge on any atom is -0.341 e. The fourth-order valence-electron chi connectivity index (χ4n) is 2.66. The summed E-state index contributed by atoms with van der Waals surface area (Å²) in [6, 6.07) is 15.7. The van der Waals surface area contributed by atoms with Crippen molar-refractivity contribution in [1.29, 1.82) is 0 Å². The Kier molecular flexibility index (Phi) is 3.87. The van der Waals surface area contributed by atoms with Crippen LogP contribution in [-0.2, 0) is 0 Å². The van der Waals surface area contributed by atoms with Crippen molar-refractivity contribution in [3.05, 3.63) is 81.1 Å². The molecule has 6 heteroatoms. The van der Waals surface area contributed by atoms with E-state index in [0.717, 1.165) is 22.5 Å². The summed E-state index contributed by atoms with van der Waals surface area (Å²) in [5.74, 6) is 0.